The Bertz CT molecular complexity index is 548. The van der Waals surface area contributed by atoms with Gasteiger partial charge in [-0.15, -0.1) is 12.4 Å². The number of nitrogens with zero attached hydrogens (tertiary/aromatic N) is 1. The summed E-state index contributed by atoms with van der Waals surface area (Å²) in [7, 11) is 0. The third-order valence-electron chi connectivity index (χ3n) is 4.31. The van der Waals surface area contributed by atoms with Crippen LogP contribution >= 0.6 is 12.4 Å². The van der Waals surface area contributed by atoms with Crippen LogP contribution in [-0.4, -0.2) is 30.9 Å². The zero-order valence-corrected chi connectivity index (χ0v) is 15.3. The average Bonchev–Trinajstić information content (AvgIpc) is 2.95. The highest BCUT2D eigenvalue weighted by Crippen LogP contribution is 2.26. The van der Waals surface area contributed by atoms with Crippen LogP contribution in [0.4, 0.5) is 5.69 Å². The van der Waals surface area contributed by atoms with Crippen molar-refractivity contribution in [3.05, 3.63) is 29.8 Å². The van der Waals surface area contributed by atoms with Gasteiger partial charge in [0, 0.05) is 31.2 Å². The minimum absolute atomic E-state index is 0. The summed E-state index contributed by atoms with van der Waals surface area (Å²) in [4.78, 5) is 26.1. The van der Waals surface area contributed by atoms with E-state index in [9.17, 15) is 9.59 Å². The van der Waals surface area contributed by atoms with E-state index in [1.807, 2.05) is 19.1 Å². The highest BCUT2D eigenvalue weighted by atomic mass is 35.5. The van der Waals surface area contributed by atoms with Crippen molar-refractivity contribution in [2.45, 2.75) is 45.6 Å². The largest absolute Gasteiger partial charge is 0.352 e. The van der Waals surface area contributed by atoms with Gasteiger partial charge >= 0.3 is 0 Å². The van der Waals surface area contributed by atoms with E-state index >= 15 is 0 Å². The summed E-state index contributed by atoms with van der Waals surface area (Å²) in [6.45, 7) is 4.88. The maximum absolute atomic E-state index is 12.2. The fourth-order valence-corrected chi connectivity index (χ4v) is 2.78. The number of benzene rings is 1. The second-order valence-electron chi connectivity index (χ2n) is 6.32. The molecule has 2 amide bonds. The number of hydrogen-bond donors (Lipinski definition) is 2. The first kappa shape index (κ1) is 20.5. The van der Waals surface area contributed by atoms with Crippen molar-refractivity contribution in [3.8, 4) is 0 Å². The number of carbonyl (C=O) groups is 2. The molecule has 134 valence electrons. The molecule has 0 radical (unpaired) electrons. The lowest BCUT2D eigenvalue weighted by molar-refractivity contribution is -0.126. The average molecular weight is 354 g/mol. The lowest BCUT2D eigenvalue weighted by atomic mass is 10.1. The summed E-state index contributed by atoms with van der Waals surface area (Å²) in [5.41, 5.74) is 7.68. The molecule has 2 atom stereocenters. The lowest BCUT2D eigenvalue weighted by Gasteiger charge is -2.18. The van der Waals surface area contributed by atoms with E-state index in [0.29, 0.717) is 13.1 Å². The molecule has 1 aromatic carbocycles. The molecule has 1 aliphatic heterocycles. The molecular weight excluding hydrogens is 326 g/mol. The number of nitrogens with two attached hydrogens (primary N) is 1. The van der Waals surface area contributed by atoms with Gasteiger partial charge in [0.25, 0.3) is 0 Å². The summed E-state index contributed by atoms with van der Waals surface area (Å²) in [5, 5.41) is 2.85. The zero-order chi connectivity index (χ0) is 16.8. The van der Waals surface area contributed by atoms with Crippen molar-refractivity contribution < 1.29 is 9.59 Å². The van der Waals surface area contributed by atoms with Crippen molar-refractivity contribution in [3.63, 3.8) is 0 Å². The molecule has 0 spiro atoms. The van der Waals surface area contributed by atoms with E-state index in [0.717, 1.165) is 12.1 Å². The molecule has 0 saturated carbocycles. The molecule has 1 aliphatic rings. The SMILES string of the molecule is CCCCc1ccc(N2CC(C(=O)N[C@@H](C)CN)CC2=O)cc1.Cl. The molecule has 2 rings (SSSR count). The number of anilines is 1. The molecule has 1 fully saturated rings. The monoisotopic (exact) mass is 353 g/mol. The summed E-state index contributed by atoms with van der Waals surface area (Å²) in [6, 6.07) is 8.03. The Morgan fingerprint density at radius 1 is 1.38 bits per heavy atom. The normalized spacial score (nSPS) is 18.2. The number of rotatable bonds is 7. The number of aryl methyl sites for hydroxylation is 1. The smallest absolute Gasteiger partial charge is 0.227 e. The zero-order valence-electron chi connectivity index (χ0n) is 14.5. The van der Waals surface area contributed by atoms with E-state index in [-0.39, 0.29) is 42.6 Å². The van der Waals surface area contributed by atoms with Crippen LogP contribution < -0.4 is 16.0 Å². The minimum Gasteiger partial charge on any atom is -0.352 e. The Morgan fingerprint density at radius 3 is 2.62 bits per heavy atom. The van der Waals surface area contributed by atoms with Crippen LogP contribution in [0.2, 0.25) is 0 Å². The molecule has 6 heteroatoms. The summed E-state index contributed by atoms with van der Waals surface area (Å²) < 4.78 is 0. The summed E-state index contributed by atoms with van der Waals surface area (Å²) in [6.07, 6.45) is 3.67. The Labute approximate surface area is 150 Å². The standard InChI is InChI=1S/C18H27N3O2.ClH/c1-3-4-5-14-6-8-16(9-7-14)21-12-15(10-17(21)22)18(23)20-13(2)11-19;/h6-9,13,15H,3-5,10-12,19H2,1-2H3,(H,20,23);1H/t13-,15?;/m0./s1. The topological polar surface area (TPSA) is 75.4 Å². The Balaban J connectivity index is 0.00000288. The van der Waals surface area contributed by atoms with Crippen LogP contribution in [0.5, 0.6) is 0 Å². The van der Waals surface area contributed by atoms with Crippen LogP contribution in [-0.2, 0) is 16.0 Å². The van der Waals surface area contributed by atoms with Crippen LogP contribution in [0.1, 0.15) is 38.7 Å². The quantitative estimate of drug-likeness (QED) is 0.789. The summed E-state index contributed by atoms with van der Waals surface area (Å²) in [5.74, 6) is -0.374. The predicted molar refractivity (Wildman–Crippen MR) is 99.4 cm³/mol. The van der Waals surface area contributed by atoms with Gasteiger partial charge in [-0.3, -0.25) is 9.59 Å². The third-order valence-corrected chi connectivity index (χ3v) is 4.31. The molecular formula is C18H28ClN3O2. The van der Waals surface area contributed by atoms with Gasteiger partial charge in [0.15, 0.2) is 0 Å². The molecule has 0 aliphatic carbocycles. The molecule has 1 unspecified atom stereocenters. The van der Waals surface area contributed by atoms with E-state index in [2.05, 4.69) is 24.4 Å². The highest BCUT2D eigenvalue weighted by molar-refractivity contribution is 6.00. The van der Waals surface area contributed by atoms with E-state index < -0.39 is 0 Å². The van der Waals surface area contributed by atoms with Crippen molar-refractivity contribution >= 4 is 29.9 Å². The second-order valence-corrected chi connectivity index (χ2v) is 6.32. The fraction of sp³-hybridized carbons (Fsp3) is 0.556. The van der Waals surface area contributed by atoms with Crippen molar-refractivity contribution in [2.75, 3.05) is 18.0 Å². The molecule has 0 aromatic heterocycles. The van der Waals surface area contributed by atoms with Gasteiger partial charge in [-0.1, -0.05) is 25.5 Å². The number of unbranched alkanes of at least 4 members (excludes halogenated alkanes) is 1. The van der Waals surface area contributed by atoms with Gasteiger partial charge in [-0.25, -0.2) is 0 Å². The first-order valence-corrected chi connectivity index (χ1v) is 8.44. The van der Waals surface area contributed by atoms with Gasteiger partial charge in [-0.05, 0) is 37.5 Å². The Hall–Kier alpha value is -1.59. The summed E-state index contributed by atoms with van der Waals surface area (Å²) >= 11 is 0. The Morgan fingerprint density at radius 2 is 2.04 bits per heavy atom. The lowest BCUT2D eigenvalue weighted by Crippen LogP contribution is -2.41. The highest BCUT2D eigenvalue weighted by Gasteiger charge is 2.35. The maximum Gasteiger partial charge on any atom is 0.227 e. The molecule has 1 saturated heterocycles. The Kier molecular flexibility index (Phi) is 8.22. The van der Waals surface area contributed by atoms with Crippen LogP contribution in [0, 0.1) is 5.92 Å². The molecule has 1 aromatic rings. The number of hydrogen-bond acceptors (Lipinski definition) is 3. The van der Waals surface area contributed by atoms with Gasteiger partial charge < -0.3 is 16.0 Å². The molecule has 24 heavy (non-hydrogen) atoms. The van der Waals surface area contributed by atoms with Crippen LogP contribution in [0.15, 0.2) is 24.3 Å². The number of carbonyl (C=O) groups excluding carboxylic acids is 2. The first-order valence-electron chi connectivity index (χ1n) is 8.44. The van der Waals surface area contributed by atoms with Gasteiger partial charge in [0.2, 0.25) is 11.8 Å². The second kappa shape index (κ2) is 9.64. The van der Waals surface area contributed by atoms with Crippen LogP contribution in [0.25, 0.3) is 0 Å². The molecule has 0 bridgehead atoms. The van der Waals surface area contributed by atoms with Crippen LogP contribution in [0.3, 0.4) is 0 Å². The predicted octanol–water partition coefficient (Wildman–Crippen LogP) is 2.27. The number of halogens is 1. The van der Waals surface area contributed by atoms with Crippen molar-refractivity contribution in [1.82, 2.24) is 5.32 Å². The third kappa shape index (κ3) is 5.21. The number of nitrogens with one attached hydrogen (secondary N) is 1. The fourth-order valence-electron chi connectivity index (χ4n) is 2.78. The molecule has 5 nitrogen and oxygen atoms in total. The van der Waals surface area contributed by atoms with Crippen molar-refractivity contribution in [1.29, 1.82) is 0 Å². The first-order chi connectivity index (χ1) is 11.0. The van der Waals surface area contributed by atoms with Crippen molar-refractivity contribution in [2.24, 2.45) is 11.7 Å². The number of amides is 2. The van der Waals surface area contributed by atoms with E-state index in [1.165, 1.54) is 18.4 Å². The van der Waals surface area contributed by atoms with E-state index in [1.54, 1.807) is 4.90 Å². The van der Waals surface area contributed by atoms with Gasteiger partial charge in [0.05, 0.1) is 5.92 Å². The minimum atomic E-state index is -0.295. The van der Waals surface area contributed by atoms with E-state index in [4.69, 9.17) is 5.73 Å². The van der Waals surface area contributed by atoms with Gasteiger partial charge in [-0.2, -0.15) is 0 Å². The maximum atomic E-state index is 12.2. The molecule has 3 N–H and O–H groups in total. The van der Waals surface area contributed by atoms with Gasteiger partial charge in [0.1, 0.15) is 0 Å². The molecule has 1 heterocycles.